The Bertz CT molecular complexity index is 384. The van der Waals surface area contributed by atoms with Gasteiger partial charge in [-0.3, -0.25) is 0 Å². The molecule has 1 aliphatic carbocycles. The Morgan fingerprint density at radius 2 is 0.742 bits per heavy atom. The molecule has 3 aliphatic rings. The molecule has 2 aliphatic heterocycles. The predicted molar refractivity (Wildman–Crippen MR) is 151 cm³/mol. The van der Waals surface area contributed by atoms with Crippen molar-refractivity contribution in [3.63, 3.8) is 0 Å². The minimum Gasteiger partial charge on any atom is -0.358 e. The molecule has 0 N–H and O–H groups in total. The van der Waals surface area contributed by atoms with Crippen molar-refractivity contribution in [2.45, 2.75) is 127 Å². The SMILES string of the molecule is C1=C\CC/C=C\CC/1.CCC1CCC(CC)[PH+]1CC[PH+]1C(CC)CCC1CC.[CH3-].[CH3-].[Rh+2]. The number of allylic oxidation sites excluding steroid dienone is 4. The Kier molecular flexibility index (Phi) is 22.4. The van der Waals surface area contributed by atoms with Crippen molar-refractivity contribution in [1.29, 1.82) is 0 Å². The van der Waals surface area contributed by atoms with Crippen LogP contribution in [0.3, 0.4) is 0 Å². The Morgan fingerprint density at radius 3 is 0.935 bits per heavy atom. The maximum absolute atomic E-state index is 2.46. The minimum atomic E-state index is -0.0147. The van der Waals surface area contributed by atoms with E-state index in [0.717, 1.165) is 0 Å². The van der Waals surface area contributed by atoms with E-state index >= 15 is 0 Å². The van der Waals surface area contributed by atoms with E-state index in [-0.39, 0.29) is 50.2 Å². The average molecular weight is 558 g/mol. The molecule has 3 heteroatoms. The molecule has 4 unspecified atom stereocenters. The van der Waals surface area contributed by atoms with E-state index in [2.05, 4.69) is 52.0 Å². The molecule has 0 bridgehead atoms. The van der Waals surface area contributed by atoms with Crippen LogP contribution in [0.25, 0.3) is 0 Å². The molecule has 4 atom stereocenters. The van der Waals surface area contributed by atoms with Crippen molar-refractivity contribution < 1.29 is 19.5 Å². The van der Waals surface area contributed by atoms with Gasteiger partial charge in [-0.15, -0.1) is 0 Å². The fourth-order valence-electron chi connectivity index (χ4n) is 6.04. The quantitative estimate of drug-likeness (QED) is 0.127. The second-order valence-corrected chi connectivity index (χ2v) is 15.9. The van der Waals surface area contributed by atoms with Gasteiger partial charge in [0.05, 0.1) is 35.0 Å². The molecular weight excluding hydrogens is 501 g/mol. The fourth-order valence-corrected chi connectivity index (χ4v) is 15.6. The maximum Gasteiger partial charge on any atom is 2.00 e. The van der Waals surface area contributed by atoms with Crippen LogP contribution in [-0.4, -0.2) is 35.0 Å². The van der Waals surface area contributed by atoms with Crippen LogP contribution in [0.1, 0.15) is 105 Å². The van der Waals surface area contributed by atoms with Gasteiger partial charge >= 0.3 is 19.5 Å². The number of rotatable bonds is 7. The monoisotopic (exact) mass is 557 g/mol. The summed E-state index contributed by atoms with van der Waals surface area (Å²) < 4.78 is 0. The first-order valence-electron chi connectivity index (χ1n) is 12.8. The number of hydrogen-bond acceptors (Lipinski definition) is 0. The first-order chi connectivity index (χ1) is 13.7. The van der Waals surface area contributed by atoms with Crippen molar-refractivity contribution in [2.75, 3.05) is 12.3 Å². The van der Waals surface area contributed by atoms with Crippen LogP contribution >= 0.6 is 15.8 Å². The van der Waals surface area contributed by atoms with Crippen LogP contribution in [0.5, 0.6) is 0 Å². The molecule has 0 amide bonds. The Morgan fingerprint density at radius 1 is 0.516 bits per heavy atom. The van der Waals surface area contributed by atoms with Crippen LogP contribution in [0.15, 0.2) is 24.3 Å². The summed E-state index contributed by atoms with van der Waals surface area (Å²) in [6.45, 7) is 9.84. The van der Waals surface area contributed by atoms with Crippen molar-refractivity contribution in [3.05, 3.63) is 39.2 Å². The largest absolute Gasteiger partial charge is 2.00 e. The Hall–Kier alpha value is 0.963. The third-order valence-corrected chi connectivity index (χ3v) is 17.0. The summed E-state index contributed by atoms with van der Waals surface area (Å²) in [5.41, 5.74) is 4.70. The molecule has 2 heterocycles. The molecule has 185 valence electrons. The summed E-state index contributed by atoms with van der Waals surface area (Å²) in [4.78, 5) is 0. The van der Waals surface area contributed by atoms with Crippen LogP contribution in [0, 0.1) is 14.9 Å². The van der Waals surface area contributed by atoms with Crippen LogP contribution < -0.4 is 0 Å². The molecule has 0 nitrogen and oxygen atoms in total. The van der Waals surface area contributed by atoms with Gasteiger partial charge in [-0.1, -0.05) is 52.0 Å². The van der Waals surface area contributed by atoms with E-state index in [1.165, 1.54) is 74.0 Å². The summed E-state index contributed by atoms with van der Waals surface area (Å²) in [5, 5.41) is 0. The van der Waals surface area contributed by atoms with Crippen LogP contribution in [0.2, 0.25) is 0 Å². The molecule has 0 spiro atoms. The third kappa shape index (κ3) is 11.3. The number of hydrogen-bond donors (Lipinski definition) is 0. The second-order valence-electron chi connectivity index (χ2n) is 9.32. The Labute approximate surface area is 213 Å². The minimum absolute atomic E-state index is 0. The van der Waals surface area contributed by atoms with Gasteiger partial charge in [0.1, 0.15) is 0 Å². The molecule has 1 radical (unpaired) electrons. The fraction of sp³-hybridized carbons (Fsp3) is 0.786. The maximum atomic E-state index is 2.46. The zero-order valence-corrected chi connectivity index (χ0v) is 25.5. The topological polar surface area (TPSA) is 0 Å². The molecule has 0 saturated carbocycles. The second kappa shape index (κ2) is 20.3. The summed E-state index contributed by atoms with van der Waals surface area (Å²) in [6, 6.07) is 0. The molecule has 0 aromatic carbocycles. The van der Waals surface area contributed by atoms with E-state index in [1.54, 1.807) is 38.0 Å². The van der Waals surface area contributed by atoms with E-state index < -0.39 is 0 Å². The Balaban J connectivity index is 0. The molecule has 0 aromatic heterocycles. The van der Waals surface area contributed by atoms with Gasteiger partial charge in [0.25, 0.3) is 0 Å². The predicted octanol–water partition coefficient (Wildman–Crippen LogP) is 9.69. The van der Waals surface area contributed by atoms with E-state index in [0.29, 0.717) is 0 Å². The average Bonchev–Trinajstić information content (AvgIpc) is 3.28. The third-order valence-electron chi connectivity index (χ3n) is 7.83. The first kappa shape index (κ1) is 34.1. The smallest absolute Gasteiger partial charge is 0.358 e. The van der Waals surface area contributed by atoms with Crippen LogP contribution in [0.4, 0.5) is 0 Å². The summed E-state index contributed by atoms with van der Waals surface area (Å²) >= 11 is 0. The van der Waals surface area contributed by atoms with E-state index in [1.807, 2.05) is 0 Å². The standard InChI is InChI=1S/C18H36P2.C8H12.2CH3.Rh/c1-5-15-9-10-16(6-2)19(15)13-14-20-17(7-3)11-12-18(20)8-4;1-2-4-6-8-7-5-3-1;;;/h15-18H,5-14H2,1-4H3;1-2,7-8H,3-6H2;2*1H3;/q;;2*-1;+2/p+2/b;2-1-,8-7-;;;. The van der Waals surface area contributed by atoms with Crippen molar-refractivity contribution in [2.24, 2.45) is 0 Å². The van der Waals surface area contributed by atoms with Gasteiger partial charge in [0, 0.05) is 15.8 Å². The van der Waals surface area contributed by atoms with Gasteiger partial charge in [0.2, 0.25) is 0 Å². The van der Waals surface area contributed by atoms with E-state index in [4.69, 9.17) is 0 Å². The summed E-state index contributed by atoms with van der Waals surface area (Å²) in [7, 11) is -0.0294. The molecule has 2 saturated heterocycles. The van der Waals surface area contributed by atoms with Gasteiger partial charge in [0.15, 0.2) is 0 Å². The molecule has 2 fully saturated rings. The van der Waals surface area contributed by atoms with Gasteiger partial charge in [-0.05, 0) is 77.0 Å². The molecule has 0 aromatic rings. The normalized spacial score (nSPS) is 33.9. The first-order valence-corrected chi connectivity index (χ1v) is 16.5. The van der Waals surface area contributed by atoms with Crippen LogP contribution in [-0.2, 0) is 19.5 Å². The molecular formula is C28H56P2Rh+2. The molecule has 3 rings (SSSR count). The zero-order valence-electron chi connectivity index (χ0n) is 21.9. The zero-order chi connectivity index (χ0) is 20.2. The van der Waals surface area contributed by atoms with Crippen molar-refractivity contribution >= 4 is 15.8 Å². The van der Waals surface area contributed by atoms with E-state index in [9.17, 15) is 0 Å². The summed E-state index contributed by atoms with van der Waals surface area (Å²) in [5.74, 6) is 0. The van der Waals surface area contributed by atoms with Gasteiger partial charge in [-0.2, -0.15) is 0 Å². The molecule has 31 heavy (non-hydrogen) atoms. The summed E-state index contributed by atoms with van der Waals surface area (Å²) in [6.07, 6.45) is 29.7. The van der Waals surface area contributed by atoms with Gasteiger partial charge < -0.3 is 14.9 Å². The van der Waals surface area contributed by atoms with Crippen molar-refractivity contribution in [1.82, 2.24) is 0 Å². The van der Waals surface area contributed by atoms with Crippen molar-refractivity contribution in [3.8, 4) is 0 Å². The van der Waals surface area contributed by atoms with Gasteiger partial charge in [-0.25, -0.2) is 0 Å².